The fraction of sp³-hybridized carbons (Fsp3) is 0.667. The fourth-order valence-electron chi connectivity index (χ4n) is 2.18. The molecule has 5 heteroatoms. The Labute approximate surface area is 105 Å². The maximum atomic E-state index is 11.7. The molecule has 0 atom stereocenters. The van der Waals surface area contributed by atoms with Crippen LogP contribution in [0.25, 0.3) is 0 Å². The van der Waals surface area contributed by atoms with Gasteiger partial charge in [0.05, 0.1) is 0 Å². The second kappa shape index (κ2) is 5.12. The normalized spacial score (nSPS) is 16.6. The molecule has 0 spiro atoms. The molecule has 17 heavy (non-hydrogen) atoms. The first-order valence-corrected chi connectivity index (χ1v) is 7.02. The lowest BCUT2D eigenvalue weighted by Crippen LogP contribution is -2.37. The van der Waals surface area contributed by atoms with Gasteiger partial charge in [-0.25, -0.2) is 4.79 Å². The van der Waals surface area contributed by atoms with Crippen molar-refractivity contribution in [2.24, 2.45) is 14.1 Å². The molecule has 0 bridgehead atoms. The van der Waals surface area contributed by atoms with Crippen LogP contribution in [-0.2, 0) is 19.8 Å². The zero-order valence-electron chi connectivity index (χ0n) is 10.3. The van der Waals surface area contributed by atoms with Gasteiger partial charge in [-0.05, 0) is 12.8 Å². The third kappa shape index (κ3) is 2.65. The quantitative estimate of drug-likeness (QED) is 0.815. The summed E-state index contributed by atoms with van der Waals surface area (Å²) in [6.45, 7) is 0. The van der Waals surface area contributed by atoms with Crippen molar-refractivity contribution < 1.29 is 0 Å². The maximum absolute atomic E-state index is 11.7. The Hall–Kier alpha value is -0.970. The zero-order valence-corrected chi connectivity index (χ0v) is 11.1. The zero-order chi connectivity index (χ0) is 12.4. The Morgan fingerprint density at radius 1 is 1.24 bits per heavy atom. The molecule has 1 aromatic heterocycles. The van der Waals surface area contributed by atoms with Gasteiger partial charge < -0.3 is 0 Å². The molecule has 1 heterocycles. The van der Waals surface area contributed by atoms with Crippen LogP contribution in [0.2, 0.25) is 0 Å². The van der Waals surface area contributed by atoms with E-state index in [2.05, 4.69) is 0 Å². The van der Waals surface area contributed by atoms with Crippen LogP contribution in [0, 0.1) is 0 Å². The number of hydrogen-bond donors (Lipinski definition) is 0. The van der Waals surface area contributed by atoms with Gasteiger partial charge in [-0.3, -0.25) is 13.9 Å². The summed E-state index contributed by atoms with van der Waals surface area (Å²) < 4.78 is 2.72. The Bertz CT molecular complexity index is 512. The Balaban J connectivity index is 2.15. The number of rotatable bonds is 3. The molecule has 0 unspecified atom stereocenters. The van der Waals surface area contributed by atoms with E-state index in [1.54, 1.807) is 17.7 Å². The highest BCUT2D eigenvalue weighted by Gasteiger charge is 2.16. The first-order valence-electron chi connectivity index (χ1n) is 5.97. The van der Waals surface area contributed by atoms with Crippen molar-refractivity contribution in [3.8, 4) is 0 Å². The molecular weight excluding hydrogens is 236 g/mol. The van der Waals surface area contributed by atoms with E-state index in [4.69, 9.17) is 0 Å². The van der Waals surface area contributed by atoms with Crippen molar-refractivity contribution in [3.63, 3.8) is 0 Å². The SMILES string of the molecule is Cn1c(CSC2CCCC2)cc(=O)n(C)c1=O. The highest BCUT2D eigenvalue weighted by molar-refractivity contribution is 7.99. The van der Waals surface area contributed by atoms with Gasteiger partial charge in [0.2, 0.25) is 0 Å². The summed E-state index contributed by atoms with van der Waals surface area (Å²) in [4.78, 5) is 23.3. The summed E-state index contributed by atoms with van der Waals surface area (Å²) in [5.41, 5.74) is 0.379. The summed E-state index contributed by atoms with van der Waals surface area (Å²) >= 11 is 1.87. The van der Waals surface area contributed by atoms with E-state index < -0.39 is 0 Å². The van der Waals surface area contributed by atoms with Crippen molar-refractivity contribution in [2.45, 2.75) is 36.7 Å². The largest absolute Gasteiger partial charge is 0.330 e. The Kier molecular flexibility index (Phi) is 3.76. The summed E-state index contributed by atoms with van der Waals surface area (Å²) in [5.74, 6) is 0.756. The van der Waals surface area contributed by atoms with Crippen molar-refractivity contribution in [1.29, 1.82) is 0 Å². The third-order valence-electron chi connectivity index (χ3n) is 3.39. The first-order chi connectivity index (χ1) is 8.09. The predicted molar refractivity (Wildman–Crippen MR) is 70.5 cm³/mol. The summed E-state index contributed by atoms with van der Waals surface area (Å²) in [5, 5.41) is 0.703. The smallest absolute Gasteiger partial charge is 0.300 e. The topological polar surface area (TPSA) is 44.0 Å². The van der Waals surface area contributed by atoms with Gasteiger partial charge in [0, 0.05) is 36.9 Å². The van der Waals surface area contributed by atoms with E-state index in [1.807, 2.05) is 11.8 Å². The van der Waals surface area contributed by atoms with E-state index in [0.717, 1.165) is 16.0 Å². The van der Waals surface area contributed by atoms with Crippen LogP contribution in [-0.4, -0.2) is 14.4 Å². The highest BCUT2D eigenvalue weighted by atomic mass is 32.2. The first kappa shape index (κ1) is 12.5. The van der Waals surface area contributed by atoms with Crippen molar-refractivity contribution in [1.82, 2.24) is 9.13 Å². The number of aromatic nitrogens is 2. The van der Waals surface area contributed by atoms with Crippen LogP contribution >= 0.6 is 11.8 Å². The van der Waals surface area contributed by atoms with Gasteiger partial charge in [-0.2, -0.15) is 11.8 Å². The average molecular weight is 254 g/mol. The molecule has 1 aromatic rings. The van der Waals surface area contributed by atoms with Crippen LogP contribution in [0.15, 0.2) is 15.7 Å². The molecule has 0 N–H and O–H groups in total. The van der Waals surface area contributed by atoms with Crippen LogP contribution in [0.1, 0.15) is 31.4 Å². The predicted octanol–water partition coefficient (Wildman–Crippen LogP) is 1.26. The summed E-state index contributed by atoms with van der Waals surface area (Å²) in [6, 6.07) is 1.57. The molecule has 1 aliphatic carbocycles. The average Bonchev–Trinajstić information content (AvgIpc) is 2.82. The third-order valence-corrected chi connectivity index (χ3v) is 4.80. The lowest BCUT2D eigenvalue weighted by molar-refractivity contribution is 0.664. The molecule has 1 aliphatic rings. The Morgan fingerprint density at radius 3 is 2.53 bits per heavy atom. The molecule has 2 rings (SSSR count). The van der Waals surface area contributed by atoms with Crippen LogP contribution in [0.4, 0.5) is 0 Å². The lowest BCUT2D eigenvalue weighted by Gasteiger charge is -2.12. The molecule has 1 fully saturated rings. The van der Waals surface area contributed by atoms with E-state index in [-0.39, 0.29) is 11.2 Å². The molecule has 0 radical (unpaired) electrons. The van der Waals surface area contributed by atoms with Crippen LogP contribution in [0.5, 0.6) is 0 Å². The number of nitrogens with zero attached hydrogens (tertiary/aromatic N) is 2. The van der Waals surface area contributed by atoms with Crippen molar-refractivity contribution >= 4 is 11.8 Å². The second-order valence-corrected chi connectivity index (χ2v) is 5.88. The molecule has 94 valence electrons. The van der Waals surface area contributed by atoms with Gasteiger partial charge in [0.25, 0.3) is 5.56 Å². The van der Waals surface area contributed by atoms with Crippen molar-refractivity contribution in [2.75, 3.05) is 0 Å². The van der Waals surface area contributed by atoms with Gasteiger partial charge in [-0.15, -0.1) is 0 Å². The number of thioether (sulfide) groups is 1. The fourth-order valence-corrected chi connectivity index (χ4v) is 3.53. The summed E-state index contributed by atoms with van der Waals surface area (Å²) in [7, 11) is 3.24. The van der Waals surface area contributed by atoms with Crippen LogP contribution in [0.3, 0.4) is 0 Å². The minimum Gasteiger partial charge on any atom is -0.300 e. The minimum absolute atomic E-state index is 0.213. The minimum atomic E-state index is -0.237. The van der Waals surface area contributed by atoms with Crippen LogP contribution < -0.4 is 11.2 Å². The Morgan fingerprint density at radius 2 is 1.88 bits per heavy atom. The molecule has 1 saturated carbocycles. The highest BCUT2D eigenvalue weighted by Crippen LogP contribution is 2.31. The van der Waals surface area contributed by atoms with E-state index in [1.165, 1.54) is 32.7 Å². The standard InChI is InChI=1S/C12H18N2O2S/c1-13-9(7-11(15)14(2)12(13)16)8-17-10-5-3-4-6-10/h7,10H,3-6,8H2,1-2H3. The molecule has 0 aromatic carbocycles. The summed E-state index contributed by atoms with van der Waals surface area (Å²) in [6.07, 6.45) is 5.16. The molecule has 0 saturated heterocycles. The van der Waals surface area contributed by atoms with Gasteiger partial charge in [0.1, 0.15) is 0 Å². The van der Waals surface area contributed by atoms with Crippen molar-refractivity contribution in [3.05, 3.63) is 32.6 Å². The van der Waals surface area contributed by atoms with Gasteiger partial charge in [0.15, 0.2) is 0 Å². The number of hydrogen-bond acceptors (Lipinski definition) is 3. The molecule has 4 nitrogen and oxygen atoms in total. The molecule has 0 amide bonds. The molecule has 0 aliphatic heterocycles. The van der Waals surface area contributed by atoms with Gasteiger partial charge in [-0.1, -0.05) is 12.8 Å². The van der Waals surface area contributed by atoms with E-state index >= 15 is 0 Å². The maximum Gasteiger partial charge on any atom is 0.330 e. The van der Waals surface area contributed by atoms with Gasteiger partial charge >= 0.3 is 5.69 Å². The van der Waals surface area contributed by atoms with E-state index in [0.29, 0.717) is 5.25 Å². The second-order valence-electron chi connectivity index (χ2n) is 4.59. The monoisotopic (exact) mass is 254 g/mol. The van der Waals surface area contributed by atoms with E-state index in [9.17, 15) is 9.59 Å². The lowest BCUT2D eigenvalue weighted by atomic mass is 10.4. The molecular formula is C12H18N2O2S.